The van der Waals surface area contributed by atoms with E-state index in [2.05, 4.69) is 143 Å². The van der Waals surface area contributed by atoms with Crippen molar-refractivity contribution in [1.29, 1.82) is 0 Å². The molecule has 0 aliphatic heterocycles. The monoisotopic (exact) mass is 753 g/mol. The molecule has 0 N–H and O–H groups in total. The van der Waals surface area contributed by atoms with Gasteiger partial charge in [-0.3, -0.25) is 0 Å². The van der Waals surface area contributed by atoms with Crippen molar-refractivity contribution in [3.8, 4) is 5.69 Å². The third-order valence-electron chi connectivity index (χ3n) is 10.7. The molecule has 0 saturated carbocycles. The number of fused-ring (bicyclic) bond motifs is 7. The minimum atomic E-state index is 0.554. The number of rotatable bonds is 9. The van der Waals surface area contributed by atoms with E-state index in [4.69, 9.17) is 23.8 Å². The molecule has 0 amide bonds. The van der Waals surface area contributed by atoms with E-state index in [1.165, 1.54) is 0 Å². The second-order valence-corrected chi connectivity index (χ2v) is 14.3. The quantitative estimate of drug-likeness (QED) is 0.145. The number of furan rings is 2. The largest absolute Gasteiger partial charge is 0.456 e. The molecular formula is C50H35N5O3. The lowest BCUT2D eigenvalue weighted by atomic mass is 10.1. The van der Waals surface area contributed by atoms with Crippen LogP contribution in [0.1, 0.15) is 5.56 Å². The van der Waals surface area contributed by atoms with Crippen molar-refractivity contribution in [1.82, 2.24) is 15.0 Å². The first kappa shape index (κ1) is 33.6. The summed E-state index contributed by atoms with van der Waals surface area (Å²) in [6.07, 6.45) is 0. The van der Waals surface area contributed by atoms with E-state index in [0.717, 1.165) is 100 Å². The predicted molar refractivity (Wildman–Crippen MR) is 233 cm³/mol. The van der Waals surface area contributed by atoms with Gasteiger partial charge in [0.1, 0.15) is 33.4 Å². The first-order chi connectivity index (χ1) is 28.7. The van der Waals surface area contributed by atoms with Crippen LogP contribution in [0.15, 0.2) is 191 Å². The standard InChI is InChI=1S/C50H35N5O3/c1-56-32-33-16-27-48-44(28-33)43-25-22-39(30-50(43)58-48)53(34-10-4-2-5-11-34)36-17-19-37(20-18-36)55-51-45-26-23-38(29-46(45)52-55)54(35-12-6-3-7-13-35)40-21-24-42-41-14-8-9-15-47(41)57-49(42)31-40/h2-31H,32H2,1H3. The average molecular weight is 754 g/mol. The molecule has 0 aliphatic rings. The lowest BCUT2D eigenvalue weighted by molar-refractivity contribution is 0.185. The maximum absolute atomic E-state index is 6.36. The van der Waals surface area contributed by atoms with E-state index < -0.39 is 0 Å². The lowest BCUT2D eigenvalue weighted by Crippen LogP contribution is -2.10. The van der Waals surface area contributed by atoms with Gasteiger partial charge in [-0.1, -0.05) is 60.7 Å². The first-order valence-corrected chi connectivity index (χ1v) is 19.2. The Morgan fingerprint density at radius 2 is 0.948 bits per heavy atom. The minimum absolute atomic E-state index is 0.554. The van der Waals surface area contributed by atoms with Gasteiger partial charge in [0.2, 0.25) is 0 Å². The Hall–Kier alpha value is -7.68. The van der Waals surface area contributed by atoms with Crippen LogP contribution in [0.4, 0.5) is 34.1 Å². The van der Waals surface area contributed by atoms with Crippen molar-refractivity contribution in [3.05, 3.63) is 188 Å². The van der Waals surface area contributed by atoms with Crippen molar-refractivity contribution in [3.63, 3.8) is 0 Å². The molecule has 3 heterocycles. The summed E-state index contributed by atoms with van der Waals surface area (Å²) in [6, 6.07) is 62.4. The zero-order chi connectivity index (χ0) is 38.6. The van der Waals surface area contributed by atoms with Gasteiger partial charge >= 0.3 is 0 Å². The highest BCUT2D eigenvalue weighted by atomic mass is 16.5. The number of anilines is 6. The molecule has 11 aromatic rings. The molecule has 11 rings (SSSR count). The van der Waals surface area contributed by atoms with Gasteiger partial charge in [0.25, 0.3) is 0 Å². The third kappa shape index (κ3) is 5.82. The number of ether oxygens (including phenoxy) is 1. The van der Waals surface area contributed by atoms with Crippen molar-refractivity contribution < 1.29 is 13.6 Å². The number of hydrogen-bond donors (Lipinski definition) is 0. The van der Waals surface area contributed by atoms with E-state index in [-0.39, 0.29) is 0 Å². The van der Waals surface area contributed by atoms with Gasteiger partial charge in [0, 0.05) is 74.9 Å². The van der Waals surface area contributed by atoms with Crippen LogP contribution in [0.5, 0.6) is 0 Å². The van der Waals surface area contributed by atoms with E-state index in [9.17, 15) is 0 Å². The van der Waals surface area contributed by atoms with Crippen LogP contribution in [-0.4, -0.2) is 22.1 Å². The number of para-hydroxylation sites is 3. The lowest BCUT2D eigenvalue weighted by Gasteiger charge is -2.25. The second kappa shape index (κ2) is 13.8. The zero-order valence-corrected chi connectivity index (χ0v) is 31.5. The molecule has 0 fully saturated rings. The van der Waals surface area contributed by atoms with Crippen LogP contribution in [0.2, 0.25) is 0 Å². The normalized spacial score (nSPS) is 11.7. The summed E-state index contributed by atoms with van der Waals surface area (Å²) in [5.41, 5.74) is 12.9. The van der Waals surface area contributed by atoms with Gasteiger partial charge in [-0.2, -0.15) is 4.80 Å². The van der Waals surface area contributed by atoms with Gasteiger partial charge in [0.15, 0.2) is 0 Å². The van der Waals surface area contributed by atoms with E-state index in [1.54, 1.807) is 11.9 Å². The average Bonchev–Trinajstić information content (AvgIpc) is 3.98. The molecule has 8 nitrogen and oxygen atoms in total. The molecular weight excluding hydrogens is 719 g/mol. The molecule has 0 bridgehead atoms. The maximum Gasteiger partial charge on any atom is 0.137 e. The molecule has 0 spiro atoms. The molecule has 0 radical (unpaired) electrons. The number of hydrogen-bond acceptors (Lipinski definition) is 7. The molecule has 8 heteroatoms. The highest BCUT2D eigenvalue weighted by molar-refractivity contribution is 6.07. The Kier molecular flexibility index (Phi) is 8.01. The zero-order valence-electron chi connectivity index (χ0n) is 31.5. The fourth-order valence-corrected chi connectivity index (χ4v) is 8.00. The second-order valence-electron chi connectivity index (χ2n) is 14.3. The number of nitrogens with zero attached hydrogens (tertiary/aromatic N) is 5. The Balaban J connectivity index is 0.938. The van der Waals surface area contributed by atoms with Gasteiger partial charge in [0.05, 0.1) is 12.3 Å². The van der Waals surface area contributed by atoms with Gasteiger partial charge < -0.3 is 23.4 Å². The van der Waals surface area contributed by atoms with Crippen LogP contribution >= 0.6 is 0 Å². The molecule has 58 heavy (non-hydrogen) atoms. The Labute approximate surface area is 333 Å². The summed E-state index contributed by atoms with van der Waals surface area (Å²) in [4.78, 5) is 6.16. The van der Waals surface area contributed by atoms with E-state index in [1.807, 2.05) is 48.5 Å². The third-order valence-corrected chi connectivity index (χ3v) is 10.7. The van der Waals surface area contributed by atoms with Gasteiger partial charge in [-0.05, 0) is 115 Å². The minimum Gasteiger partial charge on any atom is -0.456 e. The van der Waals surface area contributed by atoms with Crippen LogP contribution < -0.4 is 9.80 Å². The molecule has 0 aliphatic carbocycles. The summed E-state index contributed by atoms with van der Waals surface area (Å²) in [5, 5.41) is 14.2. The summed E-state index contributed by atoms with van der Waals surface area (Å²) in [5.74, 6) is 0. The fraction of sp³-hybridized carbons (Fsp3) is 0.0400. The van der Waals surface area contributed by atoms with Crippen molar-refractivity contribution in [2.24, 2.45) is 0 Å². The molecule has 0 saturated heterocycles. The predicted octanol–water partition coefficient (Wildman–Crippen LogP) is 13.3. The maximum atomic E-state index is 6.36. The molecule has 278 valence electrons. The molecule has 0 unspecified atom stereocenters. The van der Waals surface area contributed by atoms with Gasteiger partial charge in [-0.15, -0.1) is 10.2 Å². The smallest absolute Gasteiger partial charge is 0.137 e. The summed E-state index contributed by atoms with van der Waals surface area (Å²) in [6.45, 7) is 0.554. The van der Waals surface area contributed by atoms with E-state index in [0.29, 0.717) is 6.61 Å². The van der Waals surface area contributed by atoms with Crippen molar-refractivity contribution in [2.75, 3.05) is 16.9 Å². The fourth-order valence-electron chi connectivity index (χ4n) is 8.00. The SMILES string of the molecule is COCc1ccc2oc3cc(N(c4ccccc4)c4ccc(-n5nc6ccc(N(c7ccccc7)c7ccc8c(c7)oc7ccccc78)cc6n5)cc4)ccc3c2c1. The van der Waals surface area contributed by atoms with Crippen molar-refractivity contribution in [2.45, 2.75) is 6.61 Å². The topological polar surface area (TPSA) is 72.7 Å². The number of aromatic nitrogens is 3. The van der Waals surface area contributed by atoms with Gasteiger partial charge in [-0.25, -0.2) is 0 Å². The summed E-state index contributed by atoms with van der Waals surface area (Å²) in [7, 11) is 1.71. The van der Waals surface area contributed by atoms with Crippen LogP contribution in [0.3, 0.4) is 0 Å². The number of methoxy groups -OCH3 is 1. The first-order valence-electron chi connectivity index (χ1n) is 19.2. The Bertz CT molecular complexity index is 3260. The van der Waals surface area contributed by atoms with E-state index >= 15 is 0 Å². The molecule has 3 aromatic heterocycles. The highest BCUT2D eigenvalue weighted by Gasteiger charge is 2.19. The van der Waals surface area contributed by atoms with Crippen LogP contribution in [0.25, 0.3) is 60.6 Å². The molecule has 8 aromatic carbocycles. The Morgan fingerprint density at radius 3 is 1.64 bits per heavy atom. The molecule has 0 atom stereocenters. The van der Waals surface area contributed by atoms with Crippen LogP contribution in [0, 0.1) is 0 Å². The van der Waals surface area contributed by atoms with Crippen LogP contribution in [-0.2, 0) is 11.3 Å². The summed E-state index contributed by atoms with van der Waals surface area (Å²) >= 11 is 0. The number of benzene rings is 8. The highest BCUT2D eigenvalue weighted by Crippen LogP contribution is 2.41. The summed E-state index contributed by atoms with van der Waals surface area (Å²) < 4.78 is 18.0. The Morgan fingerprint density at radius 1 is 0.431 bits per heavy atom. The van der Waals surface area contributed by atoms with Crippen molar-refractivity contribution >= 4 is 89.0 Å².